The number of β-lactam (4-membered cyclic amide) rings is 1. The maximum atomic E-state index is 13.5. The number of nitrogens with zero attached hydrogens (tertiary/aromatic N) is 1. The van der Waals surface area contributed by atoms with E-state index in [2.05, 4.69) is 12.1 Å². The van der Waals surface area contributed by atoms with E-state index in [0.717, 1.165) is 30.4 Å². The lowest BCUT2D eigenvalue weighted by Gasteiger charge is -2.48. The van der Waals surface area contributed by atoms with Crippen molar-refractivity contribution in [1.82, 2.24) is 0 Å². The van der Waals surface area contributed by atoms with Crippen LogP contribution in [-0.4, -0.2) is 17.0 Å². The summed E-state index contributed by atoms with van der Waals surface area (Å²) in [5.41, 5.74) is 3.82. The summed E-state index contributed by atoms with van der Waals surface area (Å²) in [6.07, 6.45) is 2.96. The van der Waals surface area contributed by atoms with Crippen LogP contribution in [0.1, 0.15) is 42.0 Å². The SMILES string of the molecule is O=C(O)CCc1ccccc1C1C(CCCc2ccccc2)C(=O)N1c1ccc(F)cc1. The highest BCUT2D eigenvalue weighted by Gasteiger charge is 2.48. The first-order valence-electron chi connectivity index (χ1n) is 11.0. The van der Waals surface area contributed by atoms with Gasteiger partial charge < -0.3 is 10.0 Å². The Kier molecular flexibility index (Phi) is 6.64. The lowest BCUT2D eigenvalue weighted by molar-refractivity contribution is -0.137. The molecule has 1 saturated heterocycles. The zero-order valence-electron chi connectivity index (χ0n) is 17.8. The van der Waals surface area contributed by atoms with Crippen molar-refractivity contribution in [3.8, 4) is 0 Å². The van der Waals surface area contributed by atoms with Crippen LogP contribution in [0.15, 0.2) is 78.9 Å². The number of hydrogen-bond donors (Lipinski definition) is 1. The average molecular weight is 432 g/mol. The van der Waals surface area contributed by atoms with Crippen LogP contribution in [0.2, 0.25) is 0 Å². The second kappa shape index (κ2) is 9.77. The highest BCUT2D eigenvalue weighted by Crippen LogP contribution is 2.46. The van der Waals surface area contributed by atoms with E-state index in [-0.39, 0.29) is 30.1 Å². The van der Waals surface area contributed by atoms with Gasteiger partial charge in [0.05, 0.1) is 12.0 Å². The molecule has 0 bridgehead atoms. The number of halogens is 1. The smallest absolute Gasteiger partial charge is 0.303 e. The molecule has 1 aliphatic heterocycles. The third-order valence-electron chi connectivity index (χ3n) is 6.12. The fraction of sp³-hybridized carbons (Fsp3) is 0.259. The van der Waals surface area contributed by atoms with Crippen molar-refractivity contribution in [3.63, 3.8) is 0 Å². The third kappa shape index (κ3) is 4.72. The second-order valence-electron chi connectivity index (χ2n) is 8.21. The van der Waals surface area contributed by atoms with Gasteiger partial charge in [-0.1, -0.05) is 54.6 Å². The van der Waals surface area contributed by atoms with Crippen LogP contribution in [0.5, 0.6) is 0 Å². The predicted octanol–water partition coefficient (Wildman–Crippen LogP) is 5.57. The van der Waals surface area contributed by atoms with Gasteiger partial charge in [-0.3, -0.25) is 9.59 Å². The highest BCUT2D eigenvalue weighted by molar-refractivity contribution is 6.03. The molecule has 3 aromatic rings. The van der Waals surface area contributed by atoms with Crippen molar-refractivity contribution >= 4 is 17.6 Å². The van der Waals surface area contributed by atoms with Crippen LogP contribution in [0, 0.1) is 11.7 Å². The van der Waals surface area contributed by atoms with Crippen molar-refractivity contribution in [3.05, 3.63) is 101 Å². The predicted molar refractivity (Wildman–Crippen MR) is 122 cm³/mol. The molecule has 164 valence electrons. The Morgan fingerprint density at radius 2 is 1.59 bits per heavy atom. The summed E-state index contributed by atoms with van der Waals surface area (Å²) < 4.78 is 13.5. The van der Waals surface area contributed by atoms with Crippen LogP contribution in [0.3, 0.4) is 0 Å². The first-order valence-corrected chi connectivity index (χ1v) is 11.0. The summed E-state index contributed by atoms with van der Waals surface area (Å²) in [6.45, 7) is 0. The Balaban J connectivity index is 1.59. The Labute approximate surface area is 187 Å². The van der Waals surface area contributed by atoms with Crippen molar-refractivity contribution in [2.45, 2.75) is 38.1 Å². The van der Waals surface area contributed by atoms with Crippen molar-refractivity contribution < 1.29 is 19.1 Å². The van der Waals surface area contributed by atoms with Gasteiger partial charge in [-0.2, -0.15) is 0 Å². The van der Waals surface area contributed by atoms with Crippen LogP contribution in [-0.2, 0) is 22.4 Å². The highest BCUT2D eigenvalue weighted by atomic mass is 19.1. The molecule has 1 aliphatic rings. The Morgan fingerprint density at radius 3 is 2.31 bits per heavy atom. The fourth-order valence-electron chi connectivity index (χ4n) is 4.54. The number of aryl methyl sites for hydroxylation is 2. The quantitative estimate of drug-likeness (QED) is 0.451. The van der Waals surface area contributed by atoms with Gasteiger partial charge in [-0.05, 0) is 66.6 Å². The molecule has 1 fully saturated rings. The molecule has 0 aromatic heterocycles. The van der Waals surface area contributed by atoms with Gasteiger partial charge in [-0.25, -0.2) is 4.39 Å². The number of aliphatic carboxylic acids is 1. The summed E-state index contributed by atoms with van der Waals surface area (Å²) in [5, 5.41) is 9.15. The molecule has 0 saturated carbocycles. The van der Waals surface area contributed by atoms with Gasteiger partial charge >= 0.3 is 5.97 Å². The van der Waals surface area contributed by atoms with E-state index in [0.29, 0.717) is 12.1 Å². The molecule has 32 heavy (non-hydrogen) atoms. The van der Waals surface area contributed by atoms with Crippen LogP contribution in [0.4, 0.5) is 10.1 Å². The van der Waals surface area contributed by atoms with E-state index in [1.165, 1.54) is 17.7 Å². The van der Waals surface area contributed by atoms with E-state index in [9.17, 15) is 14.0 Å². The molecule has 1 heterocycles. The van der Waals surface area contributed by atoms with E-state index in [4.69, 9.17) is 5.11 Å². The number of rotatable bonds is 9. The summed E-state index contributed by atoms with van der Waals surface area (Å²) >= 11 is 0. The Bertz CT molecular complexity index is 1080. The standard InChI is InChI=1S/C27H26FNO3/c28-21-14-16-22(17-15-21)29-26(23-11-5-4-10-20(23)13-18-25(30)31)24(27(29)32)12-6-9-19-7-2-1-3-8-19/h1-5,7-8,10-11,14-17,24,26H,6,9,12-13,18H2,(H,30,31). The van der Waals surface area contributed by atoms with Crippen LogP contribution < -0.4 is 4.90 Å². The second-order valence-corrected chi connectivity index (χ2v) is 8.21. The number of amides is 1. The summed E-state index contributed by atoms with van der Waals surface area (Å²) in [4.78, 5) is 26.1. The largest absolute Gasteiger partial charge is 0.481 e. The molecule has 4 rings (SSSR count). The van der Waals surface area contributed by atoms with Crippen LogP contribution in [0.25, 0.3) is 0 Å². The molecule has 2 atom stereocenters. The number of carbonyl (C=O) groups excluding carboxylic acids is 1. The number of carboxylic acids is 1. The number of benzene rings is 3. The van der Waals surface area contributed by atoms with Gasteiger partial charge in [0.1, 0.15) is 5.82 Å². The van der Waals surface area contributed by atoms with E-state index in [1.807, 2.05) is 42.5 Å². The molecular weight excluding hydrogens is 405 g/mol. The Morgan fingerprint density at radius 1 is 0.906 bits per heavy atom. The van der Waals surface area contributed by atoms with Crippen molar-refractivity contribution in [1.29, 1.82) is 0 Å². The van der Waals surface area contributed by atoms with Crippen molar-refractivity contribution in [2.75, 3.05) is 4.90 Å². The van der Waals surface area contributed by atoms with Gasteiger partial charge in [0, 0.05) is 12.1 Å². The van der Waals surface area contributed by atoms with Crippen LogP contribution >= 0.6 is 0 Å². The van der Waals surface area contributed by atoms with Gasteiger partial charge in [0.15, 0.2) is 0 Å². The number of carbonyl (C=O) groups is 2. The minimum atomic E-state index is -0.848. The maximum absolute atomic E-state index is 13.5. The minimum Gasteiger partial charge on any atom is -0.481 e. The van der Waals surface area contributed by atoms with E-state index in [1.54, 1.807) is 17.0 Å². The molecule has 0 radical (unpaired) electrons. The summed E-state index contributed by atoms with van der Waals surface area (Å²) in [5.74, 6) is -1.35. The van der Waals surface area contributed by atoms with Crippen molar-refractivity contribution in [2.24, 2.45) is 5.92 Å². The van der Waals surface area contributed by atoms with Gasteiger partial charge in [0.25, 0.3) is 0 Å². The normalized spacial score (nSPS) is 17.8. The maximum Gasteiger partial charge on any atom is 0.303 e. The molecule has 1 N–H and O–H groups in total. The average Bonchev–Trinajstić information content (AvgIpc) is 2.81. The molecule has 4 nitrogen and oxygen atoms in total. The Hall–Kier alpha value is -3.47. The molecule has 0 aliphatic carbocycles. The minimum absolute atomic E-state index is 0.0303. The first-order chi connectivity index (χ1) is 15.5. The molecule has 1 amide bonds. The third-order valence-corrected chi connectivity index (χ3v) is 6.12. The zero-order chi connectivity index (χ0) is 22.5. The molecule has 2 unspecified atom stereocenters. The lowest BCUT2D eigenvalue weighted by Crippen LogP contribution is -2.55. The molecule has 3 aromatic carbocycles. The number of hydrogen-bond acceptors (Lipinski definition) is 2. The zero-order valence-corrected chi connectivity index (χ0v) is 17.8. The van der Waals surface area contributed by atoms with E-state index >= 15 is 0 Å². The lowest BCUT2D eigenvalue weighted by atomic mass is 9.76. The monoisotopic (exact) mass is 431 g/mol. The topological polar surface area (TPSA) is 57.6 Å². The molecule has 0 spiro atoms. The summed E-state index contributed by atoms with van der Waals surface area (Å²) in [7, 11) is 0. The molecule has 5 heteroatoms. The fourth-order valence-corrected chi connectivity index (χ4v) is 4.54. The number of carboxylic acid groups (broad SMARTS) is 1. The van der Waals surface area contributed by atoms with Gasteiger partial charge in [0.2, 0.25) is 5.91 Å². The summed E-state index contributed by atoms with van der Waals surface area (Å²) in [6, 6.07) is 23.7. The number of anilines is 1. The molecular formula is C27H26FNO3. The first kappa shape index (κ1) is 21.8. The van der Waals surface area contributed by atoms with Gasteiger partial charge in [-0.15, -0.1) is 0 Å². The van der Waals surface area contributed by atoms with E-state index < -0.39 is 5.97 Å².